The fraction of sp³-hybridized carbons (Fsp3) is 0.346. The molecule has 2 fully saturated rings. The average Bonchev–Trinajstić information content (AvgIpc) is 3.58. The summed E-state index contributed by atoms with van der Waals surface area (Å²) in [7, 11) is 0. The van der Waals surface area contributed by atoms with E-state index in [0.717, 1.165) is 5.69 Å². The molecule has 0 aliphatic carbocycles. The Balaban J connectivity index is 1.09. The van der Waals surface area contributed by atoms with E-state index in [2.05, 4.69) is 15.4 Å². The molecule has 3 aromatic rings. The molecule has 0 bridgehead atoms. The molecule has 3 amide bonds. The predicted octanol–water partition coefficient (Wildman–Crippen LogP) is 4.16. The summed E-state index contributed by atoms with van der Waals surface area (Å²) in [6.45, 7) is 1.38. The Bertz CT molecular complexity index is 1290. The molecule has 2 aliphatic rings. The van der Waals surface area contributed by atoms with Gasteiger partial charge in [0.25, 0.3) is 0 Å². The van der Waals surface area contributed by atoms with Crippen molar-refractivity contribution in [2.24, 2.45) is 5.92 Å². The van der Waals surface area contributed by atoms with Crippen molar-refractivity contribution in [3.8, 4) is 5.69 Å². The minimum atomic E-state index is -0.426. The number of benzene rings is 2. The first-order valence-corrected chi connectivity index (χ1v) is 13.0. The number of nitrogens with one attached hydrogen (secondary N) is 1. The summed E-state index contributed by atoms with van der Waals surface area (Å²) in [6, 6.07) is 12.2. The first-order valence-electron chi connectivity index (χ1n) is 12.3. The Kier molecular flexibility index (Phi) is 7.80. The maximum Gasteiger partial charge on any atom is 0.410 e. The number of hydrogen-bond donors (Lipinski definition) is 1. The monoisotopic (exact) mass is 556 g/mol. The molecule has 38 heavy (non-hydrogen) atoms. The van der Waals surface area contributed by atoms with Crippen LogP contribution in [0.3, 0.4) is 0 Å². The van der Waals surface area contributed by atoms with Crippen LogP contribution in [0.2, 0.25) is 10.0 Å². The molecule has 12 heteroatoms. The van der Waals surface area contributed by atoms with Gasteiger partial charge in [0.05, 0.1) is 11.6 Å². The highest BCUT2D eigenvalue weighted by Crippen LogP contribution is 2.27. The highest BCUT2D eigenvalue weighted by atomic mass is 35.5. The Morgan fingerprint density at radius 1 is 1.05 bits per heavy atom. The standard InChI is InChI=1S/C26H26Cl2N6O4/c27-19-9-17(10-20(28)12-19)14-38-26(37)32-7-5-22(6-8-32)33-13-18(11-24(33)35)25(36)31-21-1-3-23(4-2-21)34-16-29-15-30-34/h1-4,9-10,12,15-16,18,22H,5-8,11,13-14H2,(H,31,36). The summed E-state index contributed by atoms with van der Waals surface area (Å²) >= 11 is 12.0. The fourth-order valence-corrected chi connectivity index (χ4v) is 5.41. The third-order valence-electron chi connectivity index (χ3n) is 6.80. The number of carbonyl (C=O) groups is 3. The lowest BCUT2D eigenvalue weighted by molar-refractivity contribution is -0.130. The molecule has 2 saturated heterocycles. The predicted molar refractivity (Wildman–Crippen MR) is 141 cm³/mol. The van der Waals surface area contributed by atoms with Gasteiger partial charge in [-0.1, -0.05) is 23.2 Å². The third-order valence-corrected chi connectivity index (χ3v) is 7.23. The summed E-state index contributed by atoms with van der Waals surface area (Å²) in [5.74, 6) is -0.646. The summed E-state index contributed by atoms with van der Waals surface area (Å²) in [6.07, 6.45) is 4.06. The van der Waals surface area contributed by atoms with Gasteiger partial charge in [0.1, 0.15) is 19.3 Å². The number of rotatable bonds is 6. The fourth-order valence-electron chi connectivity index (χ4n) is 4.83. The van der Waals surface area contributed by atoms with Crippen LogP contribution in [0.25, 0.3) is 5.69 Å². The zero-order valence-corrected chi connectivity index (χ0v) is 21.9. The number of likely N-dealkylation sites (tertiary alicyclic amines) is 2. The quantitative estimate of drug-likeness (QED) is 0.488. The zero-order chi connectivity index (χ0) is 26.6. The Morgan fingerprint density at radius 3 is 2.42 bits per heavy atom. The molecule has 1 aromatic heterocycles. The molecule has 198 valence electrons. The lowest BCUT2D eigenvalue weighted by Gasteiger charge is -2.36. The van der Waals surface area contributed by atoms with E-state index in [9.17, 15) is 14.4 Å². The first-order chi connectivity index (χ1) is 18.4. The van der Waals surface area contributed by atoms with Crippen molar-refractivity contribution in [1.82, 2.24) is 24.6 Å². The number of piperidine rings is 1. The van der Waals surface area contributed by atoms with Crippen LogP contribution in [0.1, 0.15) is 24.8 Å². The molecule has 2 aromatic carbocycles. The number of halogens is 2. The molecule has 0 saturated carbocycles. The van der Waals surface area contributed by atoms with E-state index in [1.807, 2.05) is 12.1 Å². The maximum absolute atomic E-state index is 12.9. The number of anilines is 1. The smallest absolute Gasteiger partial charge is 0.410 e. The van der Waals surface area contributed by atoms with Crippen LogP contribution in [0.15, 0.2) is 55.1 Å². The number of nitrogens with zero attached hydrogens (tertiary/aromatic N) is 5. The van der Waals surface area contributed by atoms with Crippen LogP contribution in [-0.2, 0) is 20.9 Å². The number of carbonyl (C=O) groups excluding carboxylic acids is 3. The van der Waals surface area contributed by atoms with Gasteiger partial charge in [-0.05, 0) is 60.9 Å². The van der Waals surface area contributed by atoms with E-state index in [1.54, 1.807) is 51.1 Å². The van der Waals surface area contributed by atoms with Crippen molar-refractivity contribution in [1.29, 1.82) is 0 Å². The van der Waals surface area contributed by atoms with Crippen molar-refractivity contribution in [2.75, 3.05) is 25.0 Å². The second kappa shape index (κ2) is 11.4. The summed E-state index contributed by atoms with van der Waals surface area (Å²) in [5.41, 5.74) is 2.19. The van der Waals surface area contributed by atoms with Gasteiger partial charge < -0.3 is 19.9 Å². The molecule has 1 unspecified atom stereocenters. The molecule has 0 radical (unpaired) electrons. The Morgan fingerprint density at radius 2 is 1.76 bits per heavy atom. The van der Waals surface area contributed by atoms with Gasteiger partial charge in [-0.15, -0.1) is 0 Å². The molecule has 5 rings (SSSR count). The second-order valence-corrected chi connectivity index (χ2v) is 10.2. The van der Waals surface area contributed by atoms with Crippen LogP contribution in [-0.4, -0.2) is 68.1 Å². The average molecular weight is 557 g/mol. The minimum Gasteiger partial charge on any atom is -0.445 e. The Hall–Kier alpha value is -3.63. The second-order valence-electron chi connectivity index (χ2n) is 9.37. The van der Waals surface area contributed by atoms with Gasteiger partial charge in [-0.2, -0.15) is 5.10 Å². The molecule has 0 spiro atoms. The van der Waals surface area contributed by atoms with Gasteiger partial charge in [-0.3, -0.25) is 9.59 Å². The van der Waals surface area contributed by atoms with Gasteiger partial charge in [0.2, 0.25) is 11.8 Å². The van der Waals surface area contributed by atoms with Crippen molar-refractivity contribution in [3.63, 3.8) is 0 Å². The topological polar surface area (TPSA) is 110 Å². The van der Waals surface area contributed by atoms with E-state index < -0.39 is 12.0 Å². The number of ether oxygens (including phenoxy) is 1. The largest absolute Gasteiger partial charge is 0.445 e. The van der Waals surface area contributed by atoms with Crippen molar-refractivity contribution >= 4 is 46.8 Å². The summed E-state index contributed by atoms with van der Waals surface area (Å²) in [4.78, 5) is 45.5. The molecule has 1 atom stereocenters. The van der Waals surface area contributed by atoms with E-state index >= 15 is 0 Å². The van der Waals surface area contributed by atoms with E-state index in [-0.39, 0.29) is 30.9 Å². The molecule has 10 nitrogen and oxygen atoms in total. The molecule has 2 aliphatic heterocycles. The van der Waals surface area contributed by atoms with E-state index in [0.29, 0.717) is 53.8 Å². The van der Waals surface area contributed by atoms with Crippen LogP contribution >= 0.6 is 23.2 Å². The highest BCUT2D eigenvalue weighted by Gasteiger charge is 2.39. The minimum absolute atomic E-state index is 0.0157. The van der Waals surface area contributed by atoms with Gasteiger partial charge in [-0.25, -0.2) is 14.5 Å². The normalized spacial score (nSPS) is 18.1. The van der Waals surface area contributed by atoms with Crippen molar-refractivity contribution < 1.29 is 19.1 Å². The maximum atomic E-state index is 12.9. The lowest BCUT2D eigenvalue weighted by atomic mass is 10.0. The molecule has 3 heterocycles. The lowest BCUT2D eigenvalue weighted by Crippen LogP contribution is -2.47. The van der Waals surface area contributed by atoms with Crippen LogP contribution in [0, 0.1) is 5.92 Å². The van der Waals surface area contributed by atoms with Crippen molar-refractivity contribution in [3.05, 3.63) is 70.7 Å². The SMILES string of the molecule is O=C(Nc1ccc(-n2cncn2)cc1)C1CC(=O)N(C2CCN(C(=O)OCc3cc(Cl)cc(Cl)c3)CC2)C1. The Labute approximate surface area is 229 Å². The van der Waals surface area contributed by atoms with Crippen molar-refractivity contribution in [2.45, 2.75) is 31.9 Å². The van der Waals surface area contributed by atoms with Crippen LogP contribution in [0.4, 0.5) is 10.5 Å². The number of amides is 3. The number of aromatic nitrogens is 3. The van der Waals surface area contributed by atoms with Gasteiger partial charge in [0.15, 0.2) is 0 Å². The summed E-state index contributed by atoms with van der Waals surface area (Å²) < 4.78 is 7.05. The van der Waals surface area contributed by atoms with Gasteiger partial charge in [0, 0.05) is 47.8 Å². The van der Waals surface area contributed by atoms with Crippen LogP contribution < -0.4 is 5.32 Å². The molecular weight excluding hydrogens is 531 g/mol. The third kappa shape index (κ3) is 6.08. The summed E-state index contributed by atoms with van der Waals surface area (Å²) in [5, 5.41) is 7.95. The number of hydrogen-bond acceptors (Lipinski definition) is 6. The zero-order valence-electron chi connectivity index (χ0n) is 20.4. The first kappa shape index (κ1) is 26.0. The molecule has 1 N–H and O–H groups in total. The van der Waals surface area contributed by atoms with Gasteiger partial charge >= 0.3 is 6.09 Å². The van der Waals surface area contributed by atoms with E-state index in [1.165, 1.54) is 6.33 Å². The van der Waals surface area contributed by atoms with Crippen LogP contribution in [0.5, 0.6) is 0 Å². The molecular formula is C26H26Cl2N6O4. The highest BCUT2D eigenvalue weighted by molar-refractivity contribution is 6.34. The van der Waals surface area contributed by atoms with E-state index in [4.69, 9.17) is 27.9 Å².